The van der Waals surface area contributed by atoms with E-state index in [1.54, 1.807) is 4.68 Å². The number of hydrogen-bond donors (Lipinski definition) is 1. The van der Waals surface area contributed by atoms with Crippen LogP contribution in [0.15, 0.2) is 5.16 Å². The van der Waals surface area contributed by atoms with Gasteiger partial charge in [-0.2, -0.15) is 0 Å². The third kappa shape index (κ3) is 3.99. The normalized spacial score (nSPS) is 12.1. The van der Waals surface area contributed by atoms with Crippen molar-refractivity contribution < 1.29 is 9.90 Å². The molecule has 0 unspecified atom stereocenters. The molecule has 7 heteroatoms. The van der Waals surface area contributed by atoms with Crippen molar-refractivity contribution in [1.82, 2.24) is 20.2 Å². The van der Waals surface area contributed by atoms with Crippen LogP contribution in [-0.4, -0.2) is 37.0 Å². The van der Waals surface area contributed by atoms with Crippen molar-refractivity contribution in [2.24, 2.45) is 11.3 Å². The largest absolute Gasteiger partial charge is 0.481 e. The molecule has 0 aliphatic rings. The van der Waals surface area contributed by atoms with Gasteiger partial charge in [0.2, 0.25) is 5.16 Å². The highest BCUT2D eigenvalue weighted by Crippen LogP contribution is 2.29. The van der Waals surface area contributed by atoms with E-state index in [1.807, 2.05) is 0 Å². The summed E-state index contributed by atoms with van der Waals surface area (Å²) in [6.45, 7) is 9.26. The first-order valence-electron chi connectivity index (χ1n) is 5.43. The van der Waals surface area contributed by atoms with E-state index in [2.05, 4.69) is 43.2 Å². The molecule has 17 heavy (non-hydrogen) atoms. The Balaban J connectivity index is 2.72. The highest BCUT2D eigenvalue weighted by atomic mass is 32.2. The second kappa shape index (κ2) is 5.48. The van der Waals surface area contributed by atoms with Gasteiger partial charge < -0.3 is 5.11 Å². The number of hydrogen-bond acceptors (Lipinski definition) is 5. The van der Waals surface area contributed by atoms with Gasteiger partial charge in [-0.05, 0) is 21.8 Å². The monoisotopic (exact) mass is 258 g/mol. The van der Waals surface area contributed by atoms with Crippen molar-refractivity contribution in [2.45, 2.75) is 39.4 Å². The first kappa shape index (κ1) is 14.0. The molecule has 1 N–H and O–H groups in total. The van der Waals surface area contributed by atoms with Gasteiger partial charge in [0.15, 0.2) is 0 Å². The Hall–Kier alpha value is -1.11. The van der Waals surface area contributed by atoms with E-state index in [9.17, 15) is 4.79 Å². The van der Waals surface area contributed by atoms with Crippen LogP contribution in [0.1, 0.15) is 27.7 Å². The molecule has 0 aliphatic heterocycles. The van der Waals surface area contributed by atoms with E-state index in [0.29, 0.717) is 17.6 Å². The quantitative estimate of drug-likeness (QED) is 0.779. The fraction of sp³-hybridized carbons (Fsp3) is 0.800. The number of thioether (sulfide) groups is 1. The maximum Gasteiger partial charge on any atom is 0.313 e. The highest BCUT2D eigenvalue weighted by Gasteiger charge is 2.25. The Morgan fingerprint density at radius 2 is 2.18 bits per heavy atom. The van der Waals surface area contributed by atoms with Crippen LogP contribution < -0.4 is 0 Å². The number of carboxylic acids is 1. The molecule has 0 bridgehead atoms. The fourth-order valence-corrected chi connectivity index (χ4v) is 1.69. The van der Waals surface area contributed by atoms with Gasteiger partial charge in [-0.1, -0.05) is 39.5 Å². The van der Waals surface area contributed by atoms with Crippen LogP contribution in [0.4, 0.5) is 0 Å². The van der Waals surface area contributed by atoms with Gasteiger partial charge in [-0.3, -0.25) is 4.79 Å². The SMILES string of the molecule is CC(C)C(C)(C)Cn1nnnc1SCC(=O)O. The van der Waals surface area contributed by atoms with Crippen LogP contribution in [0.2, 0.25) is 0 Å². The molecule has 1 aromatic rings. The second-order valence-corrected chi connectivity index (χ2v) is 5.89. The van der Waals surface area contributed by atoms with Crippen molar-refractivity contribution >= 4 is 17.7 Å². The second-order valence-electron chi connectivity index (χ2n) is 4.94. The summed E-state index contributed by atoms with van der Waals surface area (Å²) in [5.41, 5.74) is 0.0634. The number of nitrogens with zero attached hydrogens (tertiary/aromatic N) is 4. The summed E-state index contributed by atoms with van der Waals surface area (Å²) in [7, 11) is 0. The van der Waals surface area contributed by atoms with Crippen molar-refractivity contribution in [3.63, 3.8) is 0 Å². The fourth-order valence-electron chi connectivity index (χ4n) is 1.09. The highest BCUT2D eigenvalue weighted by molar-refractivity contribution is 7.99. The lowest BCUT2D eigenvalue weighted by Gasteiger charge is -2.28. The Morgan fingerprint density at radius 3 is 2.71 bits per heavy atom. The van der Waals surface area contributed by atoms with E-state index in [4.69, 9.17) is 5.11 Å². The predicted octanol–water partition coefficient (Wildman–Crippen LogP) is 1.53. The third-order valence-corrected chi connectivity index (χ3v) is 3.89. The zero-order valence-electron chi connectivity index (χ0n) is 10.5. The molecule has 1 aromatic heterocycles. The lowest BCUT2D eigenvalue weighted by molar-refractivity contribution is -0.133. The van der Waals surface area contributed by atoms with E-state index < -0.39 is 5.97 Å². The Bertz CT molecular complexity index is 389. The summed E-state index contributed by atoms with van der Waals surface area (Å²) in [4.78, 5) is 10.5. The van der Waals surface area contributed by atoms with Crippen molar-refractivity contribution in [3.05, 3.63) is 0 Å². The molecule has 0 amide bonds. The standard InChI is InChI=1S/C10H18N4O2S/c1-7(2)10(3,4)6-14-9(11-12-13-14)17-5-8(15)16/h7H,5-6H2,1-4H3,(H,15,16). The number of rotatable bonds is 6. The zero-order chi connectivity index (χ0) is 13.1. The van der Waals surface area contributed by atoms with Crippen LogP contribution in [0.25, 0.3) is 0 Å². The maximum atomic E-state index is 10.5. The third-order valence-electron chi connectivity index (χ3n) is 2.94. The Kier molecular flexibility index (Phi) is 4.50. The van der Waals surface area contributed by atoms with Crippen LogP contribution in [0.5, 0.6) is 0 Å². The van der Waals surface area contributed by atoms with Crippen LogP contribution in [0, 0.1) is 11.3 Å². The van der Waals surface area contributed by atoms with Gasteiger partial charge in [0.05, 0.1) is 12.3 Å². The van der Waals surface area contributed by atoms with Crippen molar-refractivity contribution in [2.75, 3.05) is 5.75 Å². The first-order valence-corrected chi connectivity index (χ1v) is 6.42. The lowest BCUT2D eigenvalue weighted by Crippen LogP contribution is -2.26. The number of aromatic nitrogens is 4. The van der Waals surface area contributed by atoms with Gasteiger partial charge in [-0.15, -0.1) is 5.10 Å². The number of carbonyl (C=O) groups is 1. The summed E-state index contributed by atoms with van der Waals surface area (Å²) in [6.07, 6.45) is 0. The summed E-state index contributed by atoms with van der Waals surface area (Å²) in [6, 6.07) is 0. The molecule has 0 radical (unpaired) electrons. The van der Waals surface area contributed by atoms with Crippen LogP contribution in [-0.2, 0) is 11.3 Å². The van der Waals surface area contributed by atoms with Crippen molar-refractivity contribution in [1.29, 1.82) is 0 Å². The van der Waals surface area contributed by atoms with Gasteiger partial charge in [0.25, 0.3) is 0 Å². The van der Waals surface area contributed by atoms with Crippen molar-refractivity contribution in [3.8, 4) is 0 Å². The molecule has 0 saturated heterocycles. The minimum Gasteiger partial charge on any atom is -0.481 e. The molecule has 0 aliphatic carbocycles. The molecule has 0 aromatic carbocycles. The first-order chi connectivity index (χ1) is 7.83. The van der Waals surface area contributed by atoms with Gasteiger partial charge in [-0.25, -0.2) is 4.68 Å². The van der Waals surface area contributed by atoms with Gasteiger partial charge >= 0.3 is 5.97 Å². The Labute approximate surface area is 105 Å². The summed E-state index contributed by atoms with van der Waals surface area (Å²) in [5.74, 6) is -0.403. The lowest BCUT2D eigenvalue weighted by atomic mass is 9.81. The van der Waals surface area contributed by atoms with E-state index in [0.717, 1.165) is 11.8 Å². The molecular weight excluding hydrogens is 240 g/mol. The molecule has 1 rings (SSSR count). The van der Waals surface area contributed by atoms with Gasteiger partial charge in [0.1, 0.15) is 0 Å². The van der Waals surface area contributed by atoms with Crippen LogP contribution in [0.3, 0.4) is 0 Å². The molecule has 1 heterocycles. The molecule has 0 fully saturated rings. The predicted molar refractivity (Wildman–Crippen MR) is 64.8 cm³/mol. The average molecular weight is 258 g/mol. The minimum absolute atomic E-state index is 0.0253. The van der Waals surface area contributed by atoms with E-state index >= 15 is 0 Å². The molecule has 96 valence electrons. The molecule has 0 spiro atoms. The number of aliphatic carboxylic acids is 1. The Morgan fingerprint density at radius 1 is 1.53 bits per heavy atom. The topological polar surface area (TPSA) is 80.9 Å². The van der Waals surface area contributed by atoms with E-state index in [-0.39, 0.29) is 11.2 Å². The molecule has 6 nitrogen and oxygen atoms in total. The summed E-state index contributed by atoms with van der Waals surface area (Å²) in [5, 5.41) is 20.5. The number of carboxylic acid groups (broad SMARTS) is 1. The molecule has 0 atom stereocenters. The maximum absolute atomic E-state index is 10.5. The van der Waals surface area contributed by atoms with Crippen LogP contribution >= 0.6 is 11.8 Å². The zero-order valence-corrected chi connectivity index (χ0v) is 11.4. The smallest absolute Gasteiger partial charge is 0.313 e. The number of tetrazole rings is 1. The molecule has 0 saturated carbocycles. The van der Waals surface area contributed by atoms with E-state index in [1.165, 1.54) is 0 Å². The summed E-state index contributed by atoms with van der Waals surface area (Å²) >= 11 is 1.14. The van der Waals surface area contributed by atoms with Gasteiger partial charge in [0, 0.05) is 0 Å². The average Bonchev–Trinajstić information content (AvgIpc) is 2.61. The summed E-state index contributed by atoms with van der Waals surface area (Å²) < 4.78 is 1.67. The minimum atomic E-state index is -0.868. The molecular formula is C10H18N4O2S.